The van der Waals surface area contributed by atoms with E-state index in [4.69, 9.17) is 9.90 Å². The van der Waals surface area contributed by atoms with Crippen molar-refractivity contribution in [3.63, 3.8) is 0 Å². The molecule has 0 radical (unpaired) electrons. The predicted octanol–water partition coefficient (Wildman–Crippen LogP) is 0.840. The maximum Gasteiger partial charge on any atom is 0.300 e. The van der Waals surface area contributed by atoms with E-state index in [1.807, 2.05) is 0 Å². The largest absolute Gasteiger partial charge is 0.481 e. The van der Waals surface area contributed by atoms with Crippen molar-refractivity contribution < 1.29 is 14.7 Å². The molecule has 2 saturated heterocycles. The molecule has 1 atom stereocenters. The van der Waals surface area contributed by atoms with Crippen LogP contribution in [0.3, 0.4) is 0 Å². The van der Waals surface area contributed by atoms with Gasteiger partial charge in [-0.25, -0.2) is 0 Å². The van der Waals surface area contributed by atoms with Crippen molar-refractivity contribution in [1.29, 1.82) is 0 Å². The van der Waals surface area contributed by atoms with Crippen LogP contribution in [0.1, 0.15) is 39.5 Å². The number of nitrogens with one attached hydrogen (secondary N) is 1. The second-order valence-corrected chi connectivity index (χ2v) is 4.69. The summed E-state index contributed by atoms with van der Waals surface area (Å²) in [6.45, 7) is 5.40. The Kier molecular flexibility index (Phi) is 5.41. The molecule has 2 fully saturated rings. The number of carboxylic acid groups (broad SMARTS) is 1. The van der Waals surface area contributed by atoms with Gasteiger partial charge in [0, 0.05) is 25.4 Å². The molecule has 2 heterocycles. The van der Waals surface area contributed by atoms with Crippen molar-refractivity contribution in [3.8, 4) is 0 Å². The number of hydrogen-bond donors (Lipinski definition) is 2. The SMILES string of the molecule is CC(=O)O.C[C@@H]1CCC(=O)N1C1CCNCC1. The first-order chi connectivity index (χ1) is 8.02. The Hall–Kier alpha value is -1.10. The van der Waals surface area contributed by atoms with Crippen LogP contribution in [0.2, 0.25) is 0 Å². The summed E-state index contributed by atoms with van der Waals surface area (Å²) >= 11 is 0. The van der Waals surface area contributed by atoms with Crippen molar-refractivity contribution in [2.45, 2.75) is 51.6 Å². The van der Waals surface area contributed by atoms with Gasteiger partial charge in [0.15, 0.2) is 0 Å². The molecule has 0 aromatic rings. The second-order valence-electron chi connectivity index (χ2n) is 4.69. The molecule has 0 unspecified atom stereocenters. The van der Waals surface area contributed by atoms with Crippen LogP contribution >= 0.6 is 0 Å². The van der Waals surface area contributed by atoms with Crippen LogP contribution in [0.5, 0.6) is 0 Å². The van der Waals surface area contributed by atoms with Gasteiger partial charge in [0.25, 0.3) is 5.97 Å². The average molecular weight is 242 g/mol. The molecular weight excluding hydrogens is 220 g/mol. The number of aliphatic carboxylic acids is 1. The van der Waals surface area contributed by atoms with Gasteiger partial charge in [0.2, 0.25) is 5.91 Å². The van der Waals surface area contributed by atoms with Gasteiger partial charge in [0.1, 0.15) is 0 Å². The lowest BCUT2D eigenvalue weighted by Gasteiger charge is -2.34. The van der Waals surface area contributed by atoms with Crippen molar-refractivity contribution in [1.82, 2.24) is 10.2 Å². The summed E-state index contributed by atoms with van der Waals surface area (Å²) in [5, 5.41) is 10.7. The molecule has 0 aliphatic carbocycles. The molecule has 0 saturated carbocycles. The normalized spacial score (nSPS) is 25.4. The number of carboxylic acids is 1. The van der Waals surface area contributed by atoms with Crippen LogP contribution in [-0.4, -0.2) is 47.1 Å². The van der Waals surface area contributed by atoms with E-state index in [9.17, 15) is 4.79 Å². The minimum absolute atomic E-state index is 0.374. The lowest BCUT2D eigenvalue weighted by atomic mass is 10.0. The summed E-state index contributed by atoms with van der Waals surface area (Å²) in [5.74, 6) is -0.459. The van der Waals surface area contributed by atoms with E-state index in [0.717, 1.165) is 45.7 Å². The van der Waals surface area contributed by atoms with Crippen molar-refractivity contribution in [2.75, 3.05) is 13.1 Å². The smallest absolute Gasteiger partial charge is 0.300 e. The fraction of sp³-hybridized carbons (Fsp3) is 0.833. The number of carbonyl (C=O) groups is 2. The van der Waals surface area contributed by atoms with Gasteiger partial charge in [0.05, 0.1) is 0 Å². The van der Waals surface area contributed by atoms with Gasteiger partial charge in [-0.15, -0.1) is 0 Å². The highest BCUT2D eigenvalue weighted by Crippen LogP contribution is 2.24. The average Bonchev–Trinajstić information content (AvgIpc) is 2.59. The van der Waals surface area contributed by atoms with E-state index in [2.05, 4.69) is 17.1 Å². The topological polar surface area (TPSA) is 69.6 Å². The Balaban J connectivity index is 0.000000317. The number of amides is 1. The first-order valence-electron chi connectivity index (χ1n) is 6.23. The molecule has 98 valence electrons. The molecule has 0 spiro atoms. The monoisotopic (exact) mass is 242 g/mol. The van der Waals surface area contributed by atoms with Gasteiger partial charge in [-0.3, -0.25) is 9.59 Å². The van der Waals surface area contributed by atoms with Crippen molar-refractivity contribution in [3.05, 3.63) is 0 Å². The van der Waals surface area contributed by atoms with Crippen LogP contribution in [-0.2, 0) is 9.59 Å². The van der Waals surface area contributed by atoms with Gasteiger partial charge in [-0.05, 0) is 39.3 Å². The number of nitrogens with zero attached hydrogens (tertiary/aromatic N) is 1. The van der Waals surface area contributed by atoms with E-state index in [1.165, 1.54) is 0 Å². The molecule has 1 amide bonds. The standard InChI is InChI=1S/C10H18N2O.C2H4O2/c1-8-2-3-10(13)12(8)9-4-6-11-7-5-9;1-2(3)4/h8-9,11H,2-7H2,1H3;1H3,(H,3,4)/t8-;/m1./s1. The van der Waals surface area contributed by atoms with Crippen LogP contribution < -0.4 is 5.32 Å². The van der Waals surface area contributed by atoms with E-state index >= 15 is 0 Å². The molecule has 0 aromatic heterocycles. The first-order valence-corrected chi connectivity index (χ1v) is 6.23. The van der Waals surface area contributed by atoms with E-state index in [0.29, 0.717) is 18.0 Å². The highest BCUT2D eigenvalue weighted by atomic mass is 16.4. The van der Waals surface area contributed by atoms with Gasteiger partial charge in [-0.1, -0.05) is 0 Å². The van der Waals surface area contributed by atoms with Crippen LogP contribution in [0.15, 0.2) is 0 Å². The third-order valence-corrected chi connectivity index (χ3v) is 3.24. The highest BCUT2D eigenvalue weighted by molar-refractivity contribution is 5.79. The summed E-state index contributed by atoms with van der Waals surface area (Å²) in [6, 6.07) is 1.00. The highest BCUT2D eigenvalue weighted by Gasteiger charge is 2.33. The second kappa shape index (κ2) is 6.59. The first kappa shape index (κ1) is 14.0. The van der Waals surface area contributed by atoms with E-state index < -0.39 is 5.97 Å². The molecule has 17 heavy (non-hydrogen) atoms. The number of hydrogen-bond acceptors (Lipinski definition) is 3. The number of piperidine rings is 1. The lowest BCUT2D eigenvalue weighted by Crippen LogP contribution is -2.46. The summed E-state index contributed by atoms with van der Waals surface area (Å²) in [7, 11) is 0. The fourth-order valence-corrected chi connectivity index (χ4v) is 2.49. The summed E-state index contributed by atoms with van der Waals surface area (Å²) in [6.07, 6.45) is 4.10. The predicted molar refractivity (Wildman–Crippen MR) is 64.7 cm³/mol. The fourth-order valence-electron chi connectivity index (χ4n) is 2.49. The van der Waals surface area contributed by atoms with Crippen LogP contribution in [0.25, 0.3) is 0 Å². The van der Waals surface area contributed by atoms with Gasteiger partial charge in [-0.2, -0.15) is 0 Å². The van der Waals surface area contributed by atoms with Crippen molar-refractivity contribution in [2.24, 2.45) is 0 Å². The third-order valence-electron chi connectivity index (χ3n) is 3.24. The number of carbonyl (C=O) groups excluding carboxylic acids is 1. The molecule has 2 rings (SSSR count). The molecule has 2 aliphatic rings. The minimum Gasteiger partial charge on any atom is -0.481 e. The van der Waals surface area contributed by atoms with Crippen molar-refractivity contribution >= 4 is 11.9 Å². The van der Waals surface area contributed by atoms with E-state index in [1.54, 1.807) is 0 Å². The summed E-state index contributed by atoms with van der Waals surface area (Å²) in [5.41, 5.74) is 0. The third kappa shape index (κ3) is 4.34. The maximum atomic E-state index is 11.6. The molecule has 0 aromatic carbocycles. The Bertz CT molecular complexity index is 271. The molecule has 2 aliphatic heterocycles. The molecule has 5 heteroatoms. The Morgan fingerprint density at radius 1 is 1.35 bits per heavy atom. The molecule has 0 bridgehead atoms. The van der Waals surface area contributed by atoms with Crippen LogP contribution in [0.4, 0.5) is 0 Å². The van der Waals surface area contributed by atoms with Gasteiger partial charge >= 0.3 is 0 Å². The Morgan fingerprint density at radius 2 is 1.88 bits per heavy atom. The molecule has 5 nitrogen and oxygen atoms in total. The maximum absolute atomic E-state index is 11.6. The summed E-state index contributed by atoms with van der Waals surface area (Å²) < 4.78 is 0. The summed E-state index contributed by atoms with van der Waals surface area (Å²) in [4.78, 5) is 22.7. The van der Waals surface area contributed by atoms with E-state index in [-0.39, 0.29) is 0 Å². The molecular formula is C12H22N2O3. The number of rotatable bonds is 1. The molecule has 2 N–H and O–H groups in total. The zero-order valence-corrected chi connectivity index (χ0v) is 10.6. The van der Waals surface area contributed by atoms with Crippen LogP contribution in [0, 0.1) is 0 Å². The number of likely N-dealkylation sites (tertiary alicyclic amines) is 1. The Labute approximate surface area is 102 Å². The van der Waals surface area contributed by atoms with Gasteiger partial charge < -0.3 is 15.3 Å². The lowest BCUT2D eigenvalue weighted by molar-refractivity contribution is -0.134. The quantitative estimate of drug-likeness (QED) is 0.715. The zero-order valence-electron chi connectivity index (χ0n) is 10.6. The Morgan fingerprint density at radius 3 is 2.29 bits per heavy atom. The minimum atomic E-state index is -0.833. The zero-order chi connectivity index (χ0) is 12.8.